The molecule has 1 unspecified atom stereocenters. The second kappa shape index (κ2) is 9.81. The molecule has 5 heterocycles. The number of hydrogen-bond acceptors (Lipinski definition) is 8. The van der Waals surface area contributed by atoms with Gasteiger partial charge >= 0.3 is 6.09 Å². The summed E-state index contributed by atoms with van der Waals surface area (Å²) in [5.74, 6) is 1.04. The Kier molecular flexibility index (Phi) is 6.52. The maximum absolute atomic E-state index is 12.9. The maximum atomic E-state index is 12.9. The van der Waals surface area contributed by atoms with E-state index in [1.165, 1.54) is 0 Å². The highest BCUT2D eigenvalue weighted by molar-refractivity contribution is 5.94. The Bertz CT molecular complexity index is 1520. The third-order valence-corrected chi connectivity index (χ3v) is 6.13. The first-order valence-electron chi connectivity index (χ1n) is 12.5. The minimum absolute atomic E-state index is 0.0465. The maximum Gasteiger partial charge on any atom is 0.407 e. The molecule has 1 saturated heterocycles. The molecule has 0 aromatic carbocycles. The number of aryl methyl sites for hydroxylation is 2. The summed E-state index contributed by atoms with van der Waals surface area (Å²) in [6.45, 7) is 9.53. The molecule has 1 aliphatic heterocycles. The van der Waals surface area contributed by atoms with Crippen LogP contribution in [0.4, 0.5) is 10.6 Å². The van der Waals surface area contributed by atoms with Gasteiger partial charge in [-0.25, -0.2) is 19.4 Å². The zero-order valence-electron chi connectivity index (χ0n) is 22.1. The van der Waals surface area contributed by atoms with Crippen molar-refractivity contribution in [2.75, 3.05) is 11.4 Å². The molecule has 0 spiro atoms. The second-order valence-corrected chi connectivity index (χ2v) is 10.4. The zero-order valence-corrected chi connectivity index (χ0v) is 22.1. The smallest absolute Gasteiger partial charge is 0.407 e. The predicted molar refractivity (Wildman–Crippen MR) is 142 cm³/mol. The Morgan fingerprint density at radius 2 is 1.89 bits per heavy atom. The number of carbonyl (C=O) groups is 2. The van der Waals surface area contributed by atoms with Crippen LogP contribution in [0.5, 0.6) is 0 Å². The fourth-order valence-corrected chi connectivity index (χ4v) is 4.37. The van der Waals surface area contributed by atoms with Gasteiger partial charge in [0.25, 0.3) is 0 Å². The summed E-state index contributed by atoms with van der Waals surface area (Å²) < 4.78 is 7.11. The fraction of sp³-hybridized carbons (Fsp3) is 0.370. The fourth-order valence-electron chi connectivity index (χ4n) is 4.37. The van der Waals surface area contributed by atoms with Gasteiger partial charge in [-0.2, -0.15) is 5.10 Å². The number of aromatic nitrogens is 6. The molecule has 1 N–H and O–H groups in total. The van der Waals surface area contributed by atoms with Gasteiger partial charge in [-0.1, -0.05) is 6.07 Å². The minimum Gasteiger partial charge on any atom is -0.444 e. The topological polar surface area (TPSA) is 128 Å². The average Bonchev–Trinajstić information content (AvgIpc) is 3.28. The molecular formula is C27H30N8O3. The standard InChI is InChI=1S/C27H30N8O3/c1-16-6-8-23(33-25(16)34-15-19(7-9-24(34)36)32-26(37)38-27(3,4)5)35-22-10-20(29-12-18(22)13-30-35)21-14-28-11-17(2)31-21/h6,8,10-14,19H,7,9,15H2,1-5H3,(H,32,37). The van der Waals surface area contributed by atoms with Crippen molar-refractivity contribution in [2.45, 2.75) is 59.1 Å². The van der Waals surface area contributed by atoms with Gasteiger partial charge in [-0.15, -0.1) is 0 Å². The summed E-state index contributed by atoms with van der Waals surface area (Å²) in [5, 5.41) is 8.27. The molecule has 11 nitrogen and oxygen atoms in total. The Morgan fingerprint density at radius 1 is 1.08 bits per heavy atom. The second-order valence-electron chi connectivity index (χ2n) is 10.4. The van der Waals surface area contributed by atoms with Gasteiger partial charge in [0, 0.05) is 30.7 Å². The number of alkyl carbamates (subject to hydrolysis) is 1. The van der Waals surface area contributed by atoms with Gasteiger partial charge in [0.15, 0.2) is 5.82 Å². The van der Waals surface area contributed by atoms with Crippen molar-refractivity contribution in [1.82, 2.24) is 35.0 Å². The van der Waals surface area contributed by atoms with Crippen LogP contribution >= 0.6 is 0 Å². The molecule has 11 heteroatoms. The van der Waals surface area contributed by atoms with Gasteiger partial charge in [0.2, 0.25) is 5.91 Å². The molecule has 4 aromatic heterocycles. The predicted octanol–water partition coefficient (Wildman–Crippen LogP) is 3.91. The molecular weight excluding hydrogens is 484 g/mol. The molecule has 0 bridgehead atoms. The number of rotatable bonds is 4. The number of carbonyl (C=O) groups excluding carboxylic acids is 2. The summed E-state index contributed by atoms with van der Waals surface area (Å²) in [4.78, 5) is 45.0. The highest BCUT2D eigenvalue weighted by Gasteiger charge is 2.31. The first kappa shape index (κ1) is 25.2. The molecule has 4 aromatic rings. The summed E-state index contributed by atoms with van der Waals surface area (Å²) in [5.41, 5.74) is 3.18. The Hall–Kier alpha value is -4.41. The van der Waals surface area contributed by atoms with Gasteiger partial charge in [-0.3, -0.25) is 19.7 Å². The van der Waals surface area contributed by atoms with Crippen LogP contribution in [0.15, 0.2) is 43.0 Å². The number of fused-ring (bicyclic) bond motifs is 1. The molecule has 0 radical (unpaired) electrons. The van der Waals surface area contributed by atoms with Gasteiger partial charge in [0.05, 0.1) is 35.3 Å². The Morgan fingerprint density at radius 3 is 2.66 bits per heavy atom. The van der Waals surface area contributed by atoms with E-state index in [1.54, 1.807) is 34.4 Å². The van der Waals surface area contributed by atoms with Crippen molar-refractivity contribution in [3.63, 3.8) is 0 Å². The van der Waals surface area contributed by atoms with Crippen molar-refractivity contribution in [2.24, 2.45) is 0 Å². The van der Waals surface area contributed by atoms with E-state index in [9.17, 15) is 9.59 Å². The summed E-state index contributed by atoms with van der Waals surface area (Å²) >= 11 is 0. The van der Waals surface area contributed by atoms with Gasteiger partial charge < -0.3 is 10.1 Å². The van der Waals surface area contributed by atoms with Crippen molar-refractivity contribution in [3.8, 4) is 17.2 Å². The Balaban J connectivity index is 1.45. The molecule has 38 heavy (non-hydrogen) atoms. The minimum atomic E-state index is -0.603. The molecule has 0 saturated carbocycles. The summed E-state index contributed by atoms with van der Waals surface area (Å²) in [7, 11) is 0. The summed E-state index contributed by atoms with van der Waals surface area (Å²) in [6.07, 6.45) is 7.17. The number of ether oxygens (including phenoxy) is 1. The number of anilines is 1. The van der Waals surface area contributed by atoms with Crippen LogP contribution in [0, 0.1) is 13.8 Å². The van der Waals surface area contributed by atoms with Crippen LogP contribution < -0.4 is 10.2 Å². The van der Waals surface area contributed by atoms with E-state index in [1.807, 2.05) is 52.8 Å². The number of amides is 2. The van der Waals surface area contributed by atoms with Crippen LogP contribution in [0.2, 0.25) is 0 Å². The van der Waals surface area contributed by atoms with E-state index >= 15 is 0 Å². The van der Waals surface area contributed by atoms with Crippen molar-refractivity contribution < 1.29 is 14.3 Å². The van der Waals surface area contributed by atoms with E-state index in [4.69, 9.17) is 9.72 Å². The van der Waals surface area contributed by atoms with Crippen LogP contribution in [0.25, 0.3) is 28.1 Å². The molecule has 196 valence electrons. The molecule has 2 amide bonds. The van der Waals surface area contributed by atoms with E-state index in [-0.39, 0.29) is 11.9 Å². The summed E-state index contributed by atoms with van der Waals surface area (Å²) in [6, 6.07) is 5.43. The zero-order chi connectivity index (χ0) is 27.0. The molecule has 1 fully saturated rings. The first-order valence-corrected chi connectivity index (χ1v) is 12.5. The van der Waals surface area contributed by atoms with Crippen LogP contribution in [0.3, 0.4) is 0 Å². The Labute approximate surface area is 220 Å². The first-order chi connectivity index (χ1) is 18.1. The van der Waals surface area contributed by atoms with Crippen LogP contribution in [-0.2, 0) is 9.53 Å². The van der Waals surface area contributed by atoms with E-state index in [0.29, 0.717) is 42.4 Å². The third kappa shape index (κ3) is 5.31. The van der Waals surface area contributed by atoms with Crippen LogP contribution in [0.1, 0.15) is 44.9 Å². The van der Waals surface area contributed by atoms with E-state index in [2.05, 4.69) is 25.4 Å². The molecule has 5 rings (SSSR count). The molecule has 1 aliphatic rings. The van der Waals surface area contributed by atoms with Crippen molar-refractivity contribution >= 4 is 28.7 Å². The van der Waals surface area contributed by atoms with E-state index < -0.39 is 11.7 Å². The van der Waals surface area contributed by atoms with Gasteiger partial charge in [0.1, 0.15) is 17.1 Å². The molecule has 1 atom stereocenters. The lowest BCUT2D eigenvalue weighted by Gasteiger charge is -2.33. The number of nitrogens with one attached hydrogen (secondary N) is 1. The number of piperidine rings is 1. The largest absolute Gasteiger partial charge is 0.444 e. The number of hydrogen-bond donors (Lipinski definition) is 1. The highest BCUT2D eigenvalue weighted by Crippen LogP contribution is 2.27. The van der Waals surface area contributed by atoms with Crippen molar-refractivity contribution in [3.05, 3.63) is 54.2 Å². The van der Waals surface area contributed by atoms with Gasteiger partial charge in [-0.05, 0) is 58.7 Å². The highest BCUT2D eigenvalue weighted by atomic mass is 16.6. The lowest BCUT2D eigenvalue weighted by atomic mass is 10.0. The number of nitrogens with zero attached hydrogens (tertiary/aromatic N) is 7. The van der Waals surface area contributed by atoms with Crippen molar-refractivity contribution in [1.29, 1.82) is 0 Å². The van der Waals surface area contributed by atoms with E-state index in [0.717, 1.165) is 22.2 Å². The van der Waals surface area contributed by atoms with Crippen LogP contribution in [-0.4, -0.2) is 59.9 Å². The monoisotopic (exact) mass is 514 g/mol. The third-order valence-electron chi connectivity index (χ3n) is 6.13. The quantitative estimate of drug-likeness (QED) is 0.434. The molecule has 0 aliphatic carbocycles. The average molecular weight is 515 g/mol. The lowest BCUT2D eigenvalue weighted by molar-refractivity contribution is -0.119. The number of pyridine rings is 2. The normalized spacial score (nSPS) is 16.1. The lowest BCUT2D eigenvalue weighted by Crippen LogP contribution is -2.51. The SMILES string of the molecule is Cc1cncc(-c2cc3c(cn2)cnn3-c2ccc(C)c(N3CC(NC(=O)OC(C)(C)C)CCC3=O)n2)n1.